The van der Waals surface area contributed by atoms with Crippen molar-refractivity contribution in [3.8, 4) is 0 Å². The van der Waals surface area contributed by atoms with E-state index in [4.69, 9.17) is 0 Å². The van der Waals surface area contributed by atoms with Gasteiger partial charge in [-0.25, -0.2) is 0 Å². The van der Waals surface area contributed by atoms with E-state index in [2.05, 4.69) is 26.8 Å². The maximum atomic E-state index is 9.36. The second-order valence-electron chi connectivity index (χ2n) is 4.50. The summed E-state index contributed by atoms with van der Waals surface area (Å²) in [5, 5.41) is 9.36. The minimum Gasteiger partial charge on any atom is -1.00 e. The molecule has 0 bridgehead atoms. The first-order chi connectivity index (χ1) is 7.65. The number of hydrogen-bond donors (Lipinski definition) is 1. The number of hydrogen-bond acceptors (Lipinski definition) is 1. The zero-order chi connectivity index (χ0) is 11.7. The monoisotopic (exact) mass is 332 g/mol. The molecule has 0 spiro atoms. The van der Waals surface area contributed by atoms with E-state index in [1.807, 2.05) is 18.2 Å². The van der Waals surface area contributed by atoms with Crippen molar-refractivity contribution in [2.24, 2.45) is 0 Å². The largest absolute Gasteiger partial charge is 2.00 e. The van der Waals surface area contributed by atoms with E-state index in [-0.39, 0.29) is 53.1 Å². The van der Waals surface area contributed by atoms with Gasteiger partial charge in [-0.3, -0.25) is 0 Å². The van der Waals surface area contributed by atoms with Gasteiger partial charge in [-0.05, 0) is 55.0 Å². The van der Waals surface area contributed by atoms with Gasteiger partial charge < -0.3 is 29.9 Å². The standard InChI is InChI=1S/C15H18O.2ClH.Ti/c1-10-8-15(12(3)11(10)2)14-7-5-4-6-13(14)9-16;;;/h4-7,16H,8-9H2,1-3H3;2*1H;/q;;;+2/p-2. The molecular formula is C15H18Cl2OTi. The molecule has 1 aromatic carbocycles. The zero-order valence-corrected chi connectivity index (χ0v) is 14.5. The van der Waals surface area contributed by atoms with Crippen molar-refractivity contribution in [2.45, 2.75) is 33.8 Å². The molecule has 0 radical (unpaired) electrons. The molecule has 0 atom stereocenters. The predicted octanol–water partition coefficient (Wildman–Crippen LogP) is -2.30. The maximum absolute atomic E-state index is 9.36. The van der Waals surface area contributed by atoms with Gasteiger partial charge in [0.15, 0.2) is 0 Å². The molecule has 19 heavy (non-hydrogen) atoms. The van der Waals surface area contributed by atoms with Crippen LogP contribution in [0.2, 0.25) is 0 Å². The number of aliphatic hydroxyl groups excluding tert-OH is 1. The van der Waals surface area contributed by atoms with Crippen LogP contribution in [0.25, 0.3) is 5.57 Å². The van der Waals surface area contributed by atoms with E-state index >= 15 is 0 Å². The first-order valence-electron chi connectivity index (χ1n) is 5.70. The van der Waals surface area contributed by atoms with Crippen LogP contribution < -0.4 is 24.8 Å². The van der Waals surface area contributed by atoms with Crippen LogP contribution in [0.1, 0.15) is 38.3 Å². The van der Waals surface area contributed by atoms with Gasteiger partial charge in [-0.2, -0.15) is 0 Å². The van der Waals surface area contributed by atoms with E-state index in [1.54, 1.807) is 0 Å². The number of halogens is 2. The third-order valence-electron chi connectivity index (χ3n) is 3.61. The molecule has 0 fully saturated rings. The van der Waals surface area contributed by atoms with E-state index in [1.165, 1.54) is 27.9 Å². The fourth-order valence-corrected chi connectivity index (χ4v) is 2.33. The summed E-state index contributed by atoms with van der Waals surface area (Å²) in [4.78, 5) is 0. The van der Waals surface area contributed by atoms with Crippen LogP contribution in [0.4, 0.5) is 0 Å². The van der Waals surface area contributed by atoms with E-state index in [0.29, 0.717) is 0 Å². The second-order valence-corrected chi connectivity index (χ2v) is 4.50. The summed E-state index contributed by atoms with van der Waals surface area (Å²) < 4.78 is 0. The first kappa shape index (κ1) is 21.3. The van der Waals surface area contributed by atoms with Gasteiger partial charge in [-0.1, -0.05) is 29.8 Å². The van der Waals surface area contributed by atoms with E-state index in [9.17, 15) is 5.11 Å². The molecule has 1 aromatic rings. The summed E-state index contributed by atoms with van der Waals surface area (Å²) in [7, 11) is 0. The van der Waals surface area contributed by atoms with Crippen LogP contribution in [0, 0.1) is 0 Å². The molecule has 102 valence electrons. The normalized spacial score (nSPS) is 13.7. The van der Waals surface area contributed by atoms with Gasteiger partial charge in [0, 0.05) is 0 Å². The Morgan fingerprint density at radius 1 is 1.00 bits per heavy atom. The van der Waals surface area contributed by atoms with Crippen LogP contribution in [-0.4, -0.2) is 5.11 Å². The average molecular weight is 333 g/mol. The molecule has 0 heterocycles. The van der Waals surface area contributed by atoms with Gasteiger partial charge in [0.05, 0.1) is 6.61 Å². The topological polar surface area (TPSA) is 20.2 Å². The molecule has 4 heteroatoms. The molecule has 0 saturated heterocycles. The average Bonchev–Trinajstić information content (AvgIpc) is 2.57. The van der Waals surface area contributed by atoms with E-state index < -0.39 is 0 Å². The van der Waals surface area contributed by atoms with Crippen molar-refractivity contribution < 1.29 is 51.6 Å². The van der Waals surface area contributed by atoms with Crippen LogP contribution in [0.5, 0.6) is 0 Å². The summed E-state index contributed by atoms with van der Waals surface area (Å²) in [6.07, 6.45) is 1.02. The molecule has 0 amide bonds. The SMILES string of the molecule is CC1=C(C)C(C)=C(c2ccccc2CO)C1.[Cl-].[Cl-].[Ti+2]. The third kappa shape index (κ3) is 4.21. The quantitative estimate of drug-likeness (QED) is 0.604. The van der Waals surface area contributed by atoms with Gasteiger partial charge in [0.2, 0.25) is 0 Å². The van der Waals surface area contributed by atoms with Crippen molar-refractivity contribution in [3.63, 3.8) is 0 Å². The Balaban J connectivity index is 0. The number of rotatable bonds is 2. The Kier molecular flexibility index (Phi) is 10.1. The molecule has 1 aliphatic rings. The van der Waals surface area contributed by atoms with Crippen molar-refractivity contribution >= 4 is 5.57 Å². The summed E-state index contributed by atoms with van der Waals surface area (Å²) in [5.41, 5.74) is 7.83. The molecule has 0 saturated carbocycles. The second kappa shape index (κ2) is 8.99. The molecule has 0 aliphatic heterocycles. The molecule has 1 N–H and O–H groups in total. The Hall–Kier alpha value is -0.0457. The minimum absolute atomic E-state index is 0. The summed E-state index contributed by atoms with van der Waals surface area (Å²) in [6, 6.07) is 8.12. The van der Waals surface area contributed by atoms with Crippen molar-refractivity contribution in [1.82, 2.24) is 0 Å². The van der Waals surface area contributed by atoms with Crippen molar-refractivity contribution in [1.29, 1.82) is 0 Å². The molecular weight excluding hydrogens is 315 g/mol. The van der Waals surface area contributed by atoms with Crippen LogP contribution in [-0.2, 0) is 28.3 Å². The Morgan fingerprint density at radius 3 is 2.05 bits per heavy atom. The van der Waals surface area contributed by atoms with Gasteiger partial charge in [-0.15, -0.1) is 0 Å². The smallest absolute Gasteiger partial charge is 1.00 e. The number of benzene rings is 1. The number of aliphatic hydroxyl groups is 1. The Labute approximate surface area is 142 Å². The third-order valence-corrected chi connectivity index (χ3v) is 3.61. The summed E-state index contributed by atoms with van der Waals surface area (Å²) >= 11 is 0. The summed E-state index contributed by atoms with van der Waals surface area (Å²) in [6.45, 7) is 6.66. The molecule has 0 aromatic heterocycles. The van der Waals surface area contributed by atoms with Crippen molar-refractivity contribution in [3.05, 3.63) is 52.1 Å². The van der Waals surface area contributed by atoms with Crippen LogP contribution in [0.15, 0.2) is 41.0 Å². The predicted molar refractivity (Wildman–Crippen MR) is 67.9 cm³/mol. The van der Waals surface area contributed by atoms with Gasteiger partial charge in [0.25, 0.3) is 0 Å². The minimum atomic E-state index is 0. The van der Waals surface area contributed by atoms with E-state index in [0.717, 1.165) is 12.0 Å². The molecule has 1 aliphatic carbocycles. The number of allylic oxidation sites excluding steroid dienone is 4. The fourth-order valence-electron chi connectivity index (χ4n) is 2.33. The maximum Gasteiger partial charge on any atom is 2.00 e. The van der Waals surface area contributed by atoms with Crippen LogP contribution in [0.3, 0.4) is 0 Å². The molecule has 1 nitrogen and oxygen atoms in total. The first-order valence-corrected chi connectivity index (χ1v) is 5.70. The zero-order valence-electron chi connectivity index (χ0n) is 11.4. The van der Waals surface area contributed by atoms with Gasteiger partial charge in [0.1, 0.15) is 0 Å². The Morgan fingerprint density at radius 2 is 1.58 bits per heavy atom. The summed E-state index contributed by atoms with van der Waals surface area (Å²) in [5.74, 6) is 0. The molecule has 2 rings (SSSR count). The molecule has 0 unspecified atom stereocenters. The van der Waals surface area contributed by atoms with Gasteiger partial charge >= 0.3 is 21.7 Å². The Bertz CT molecular complexity index is 493. The van der Waals surface area contributed by atoms with Crippen LogP contribution >= 0.6 is 0 Å². The van der Waals surface area contributed by atoms with Crippen molar-refractivity contribution in [2.75, 3.05) is 0 Å². The fraction of sp³-hybridized carbons (Fsp3) is 0.333.